The monoisotopic (exact) mass is 360 g/mol. The summed E-state index contributed by atoms with van der Waals surface area (Å²) in [5.41, 5.74) is 6.29. The molecule has 25 heavy (non-hydrogen) atoms. The number of amides is 1. The number of benzene rings is 1. The molecule has 9 heteroatoms. The van der Waals surface area contributed by atoms with Gasteiger partial charge in [-0.3, -0.25) is 9.59 Å². The van der Waals surface area contributed by atoms with E-state index in [1.54, 1.807) is 32.2 Å². The first-order chi connectivity index (χ1) is 11.9. The number of methoxy groups -OCH3 is 2. The third kappa shape index (κ3) is 3.05. The van der Waals surface area contributed by atoms with E-state index in [-0.39, 0.29) is 12.1 Å². The SMILES string of the molecule is COc1ccc(-c2nn(CC(N)=O)c(=O)c3nc(C)sc23)cc1OC. The third-order valence-corrected chi connectivity index (χ3v) is 4.55. The third-order valence-electron chi connectivity index (χ3n) is 3.57. The van der Waals surface area contributed by atoms with Crippen molar-refractivity contribution >= 4 is 27.5 Å². The number of nitrogens with zero attached hydrogens (tertiary/aromatic N) is 3. The summed E-state index contributed by atoms with van der Waals surface area (Å²) in [6, 6.07) is 5.31. The van der Waals surface area contributed by atoms with Crippen LogP contribution in [-0.2, 0) is 11.3 Å². The van der Waals surface area contributed by atoms with Gasteiger partial charge in [0.15, 0.2) is 17.0 Å². The van der Waals surface area contributed by atoms with Crippen molar-refractivity contribution in [2.45, 2.75) is 13.5 Å². The molecule has 0 aliphatic heterocycles. The van der Waals surface area contributed by atoms with Crippen molar-refractivity contribution in [3.05, 3.63) is 33.6 Å². The largest absolute Gasteiger partial charge is 0.493 e. The number of hydrogen-bond donors (Lipinski definition) is 1. The molecule has 0 saturated heterocycles. The van der Waals surface area contributed by atoms with Crippen LogP contribution in [0.2, 0.25) is 0 Å². The average molecular weight is 360 g/mol. The van der Waals surface area contributed by atoms with Gasteiger partial charge in [0, 0.05) is 5.56 Å². The van der Waals surface area contributed by atoms with Crippen LogP contribution in [0.5, 0.6) is 11.5 Å². The zero-order chi connectivity index (χ0) is 18.1. The molecule has 2 N–H and O–H groups in total. The van der Waals surface area contributed by atoms with E-state index in [0.717, 1.165) is 9.69 Å². The first-order valence-corrected chi connectivity index (χ1v) is 8.15. The molecule has 0 saturated carbocycles. The second-order valence-electron chi connectivity index (χ2n) is 5.26. The van der Waals surface area contributed by atoms with E-state index in [4.69, 9.17) is 15.2 Å². The number of hydrogen-bond acceptors (Lipinski definition) is 7. The number of rotatable bonds is 5. The molecule has 1 amide bonds. The lowest BCUT2D eigenvalue weighted by atomic mass is 10.1. The Morgan fingerprint density at radius 2 is 2.00 bits per heavy atom. The molecule has 0 spiro atoms. The second-order valence-corrected chi connectivity index (χ2v) is 6.46. The minimum Gasteiger partial charge on any atom is -0.493 e. The summed E-state index contributed by atoms with van der Waals surface area (Å²) >= 11 is 1.36. The van der Waals surface area contributed by atoms with Gasteiger partial charge in [0.2, 0.25) is 5.91 Å². The summed E-state index contributed by atoms with van der Waals surface area (Å²) in [5.74, 6) is 0.455. The Morgan fingerprint density at radius 1 is 1.28 bits per heavy atom. The number of ether oxygens (including phenoxy) is 2. The molecule has 0 fully saturated rings. The fraction of sp³-hybridized carbons (Fsp3) is 0.250. The van der Waals surface area contributed by atoms with Crippen LogP contribution >= 0.6 is 11.3 Å². The van der Waals surface area contributed by atoms with Gasteiger partial charge in [-0.15, -0.1) is 11.3 Å². The van der Waals surface area contributed by atoms with Gasteiger partial charge >= 0.3 is 0 Å². The topological polar surface area (TPSA) is 109 Å². The number of aryl methyl sites for hydroxylation is 1. The molecule has 0 aliphatic rings. The van der Waals surface area contributed by atoms with Gasteiger partial charge in [-0.05, 0) is 25.1 Å². The van der Waals surface area contributed by atoms with Crippen molar-refractivity contribution in [2.75, 3.05) is 14.2 Å². The first-order valence-electron chi connectivity index (χ1n) is 7.33. The fourth-order valence-corrected chi connectivity index (χ4v) is 3.41. The van der Waals surface area contributed by atoms with E-state index >= 15 is 0 Å². The molecule has 0 atom stereocenters. The van der Waals surface area contributed by atoms with E-state index in [2.05, 4.69) is 10.1 Å². The van der Waals surface area contributed by atoms with Crippen molar-refractivity contribution < 1.29 is 14.3 Å². The molecular formula is C16H16N4O4S. The lowest BCUT2D eigenvalue weighted by molar-refractivity contribution is -0.118. The second kappa shape index (κ2) is 6.52. The summed E-state index contributed by atoms with van der Waals surface area (Å²) in [6.07, 6.45) is 0. The maximum atomic E-state index is 12.5. The van der Waals surface area contributed by atoms with E-state index < -0.39 is 11.5 Å². The Labute approximate surface area is 146 Å². The molecule has 3 aromatic rings. The van der Waals surface area contributed by atoms with Gasteiger partial charge in [0.1, 0.15) is 12.2 Å². The standard InChI is InChI=1S/C16H16N4O4S/c1-8-18-14-15(25-8)13(19-20(16(14)22)7-12(17)21)9-4-5-10(23-2)11(6-9)24-3/h4-6H,7H2,1-3H3,(H2,17,21). The zero-order valence-electron chi connectivity index (χ0n) is 13.9. The van der Waals surface area contributed by atoms with Gasteiger partial charge in [0.05, 0.1) is 23.9 Å². The Kier molecular flexibility index (Phi) is 4.41. The van der Waals surface area contributed by atoms with Crippen molar-refractivity contribution in [1.82, 2.24) is 14.8 Å². The van der Waals surface area contributed by atoms with Crippen molar-refractivity contribution in [1.29, 1.82) is 0 Å². The molecule has 0 bridgehead atoms. The average Bonchev–Trinajstić information content (AvgIpc) is 2.98. The van der Waals surface area contributed by atoms with Crippen LogP contribution < -0.4 is 20.8 Å². The number of fused-ring (bicyclic) bond motifs is 1. The van der Waals surface area contributed by atoms with E-state index in [0.29, 0.717) is 27.5 Å². The quantitative estimate of drug-likeness (QED) is 0.735. The highest BCUT2D eigenvalue weighted by atomic mass is 32.1. The van der Waals surface area contributed by atoms with E-state index in [9.17, 15) is 9.59 Å². The summed E-state index contributed by atoms with van der Waals surface area (Å²) in [5, 5.41) is 5.06. The van der Waals surface area contributed by atoms with Gasteiger partial charge in [-0.25, -0.2) is 9.67 Å². The van der Waals surface area contributed by atoms with Crippen LogP contribution in [0.25, 0.3) is 21.5 Å². The smallest absolute Gasteiger partial charge is 0.294 e. The molecular weight excluding hydrogens is 344 g/mol. The minimum atomic E-state index is -0.654. The lowest BCUT2D eigenvalue weighted by Gasteiger charge is -2.11. The van der Waals surface area contributed by atoms with Gasteiger partial charge in [-0.1, -0.05) is 0 Å². The summed E-state index contributed by atoms with van der Waals surface area (Å²) in [4.78, 5) is 28.0. The van der Waals surface area contributed by atoms with Crippen LogP contribution in [-0.4, -0.2) is 34.9 Å². The maximum absolute atomic E-state index is 12.5. The van der Waals surface area contributed by atoms with Gasteiger partial charge < -0.3 is 15.2 Å². The minimum absolute atomic E-state index is 0.267. The van der Waals surface area contributed by atoms with E-state index in [1.165, 1.54) is 18.4 Å². The predicted molar refractivity (Wildman–Crippen MR) is 94.1 cm³/mol. The molecule has 130 valence electrons. The van der Waals surface area contributed by atoms with Crippen LogP contribution in [0.15, 0.2) is 23.0 Å². The molecule has 8 nitrogen and oxygen atoms in total. The number of nitrogens with two attached hydrogens (primary N) is 1. The number of carbonyl (C=O) groups is 1. The number of primary amides is 1. The fourth-order valence-electron chi connectivity index (χ4n) is 2.49. The van der Waals surface area contributed by atoms with Crippen LogP contribution in [0.3, 0.4) is 0 Å². The molecule has 2 aromatic heterocycles. The van der Waals surface area contributed by atoms with Crippen molar-refractivity contribution in [3.8, 4) is 22.8 Å². The number of carbonyl (C=O) groups excluding carboxylic acids is 1. The van der Waals surface area contributed by atoms with Crippen LogP contribution in [0.1, 0.15) is 5.01 Å². The summed E-state index contributed by atoms with van der Waals surface area (Å²) in [7, 11) is 3.09. The Bertz CT molecular complexity index is 1020. The zero-order valence-corrected chi connectivity index (χ0v) is 14.7. The first kappa shape index (κ1) is 16.9. The van der Waals surface area contributed by atoms with Crippen LogP contribution in [0.4, 0.5) is 0 Å². The Hall–Kier alpha value is -2.94. The highest BCUT2D eigenvalue weighted by molar-refractivity contribution is 7.19. The Morgan fingerprint density at radius 3 is 2.64 bits per heavy atom. The van der Waals surface area contributed by atoms with Crippen LogP contribution in [0, 0.1) is 6.92 Å². The van der Waals surface area contributed by atoms with Crippen molar-refractivity contribution in [2.24, 2.45) is 5.73 Å². The maximum Gasteiger partial charge on any atom is 0.294 e. The number of aromatic nitrogens is 3. The van der Waals surface area contributed by atoms with Crippen molar-refractivity contribution in [3.63, 3.8) is 0 Å². The highest BCUT2D eigenvalue weighted by Crippen LogP contribution is 2.35. The molecule has 1 aromatic carbocycles. The van der Waals surface area contributed by atoms with Gasteiger partial charge in [-0.2, -0.15) is 5.10 Å². The normalized spacial score (nSPS) is 10.8. The molecule has 2 heterocycles. The summed E-state index contributed by atoms with van der Waals surface area (Å²) in [6.45, 7) is 1.49. The summed E-state index contributed by atoms with van der Waals surface area (Å²) < 4.78 is 12.3. The molecule has 3 rings (SSSR count). The lowest BCUT2D eigenvalue weighted by Crippen LogP contribution is -2.30. The molecule has 0 aliphatic carbocycles. The van der Waals surface area contributed by atoms with E-state index in [1.807, 2.05) is 0 Å². The predicted octanol–water partition coefficient (Wildman–Crippen LogP) is 1.33. The Balaban J connectivity index is 2.29. The highest BCUT2D eigenvalue weighted by Gasteiger charge is 2.18. The molecule has 0 radical (unpaired) electrons. The van der Waals surface area contributed by atoms with Gasteiger partial charge in [0.25, 0.3) is 5.56 Å². The number of thiazole rings is 1. The molecule has 0 unspecified atom stereocenters.